The van der Waals surface area contributed by atoms with Gasteiger partial charge in [0.2, 0.25) is 0 Å². The van der Waals surface area contributed by atoms with Crippen molar-refractivity contribution in [3.8, 4) is 11.5 Å². The van der Waals surface area contributed by atoms with Crippen LogP contribution in [-0.4, -0.2) is 33.2 Å². The van der Waals surface area contributed by atoms with Crippen LogP contribution in [0.2, 0.25) is 0 Å². The third-order valence-electron chi connectivity index (χ3n) is 4.43. The van der Waals surface area contributed by atoms with Gasteiger partial charge in [-0.25, -0.2) is 4.98 Å². The van der Waals surface area contributed by atoms with Crippen LogP contribution < -0.4 is 5.32 Å². The molecule has 0 saturated carbocycles. The number of para-hydroxylation sites is 2. The van der Waals surface area contributed by atoms with Crippen molar-refractivity contribution in [3.05, 3.63) is 59.9 Å². The minimum atomic E-state index is 0. The maximum atomic E-state index is 5.52. The molecule has 0 fully saturated rings. The number of halogens is 1. The Bertz CT molecular complexity index is 1010. The second kappa shape index (κ2) is 9.23. The number of benzene rings is 2. The summed E-state index contributed by atoms with van der Waals surface area (Å²) in [6, 6.07) is 16.5. The van der Waals surface area contributed by atoms with Crippen molar-refractivity contribution < 1.29 is 4.52 Å². The fraction of sp³-hybridized carbons (Fsp3) is 0.250. The molecule has 0 saturated heterocycles. The third-order valence-corrected chi connectivity index (χ3v) is 5.35. The Morgan fingerprint density at radius 2 is 1.89 bits per heavy atom. The van der Waals surface area contributed by atoms with E-state index in [1.165, 1.54) is 0 Å². The predicted molar refractivity (Wildman–Crippen MR) is 115 cm³/mol. The topological polar surface area (TPSA) is 79.6 Å². The van der Waals surface area contributed by atoms with Crippen molar-refractivity contribution in [3.63, 3.8) is 0 Å². The zero-order valence-electron chi connectivity index (χ0n) is 15.7. The molecule has 0 radical (unpaired) electrons. The van der Waals surface area contributed by atoms with Gasteiger partial charge < -0.3 is 14.8 Å². The molecule has 0 bridgehead atoms. The summed E-state index contributed by atoms with van der Waals surface area (Å²) in [6.07, 6.45) is 0.732. The third kappa shape index (κ3) is 4.55. The van der Waals surface area contributed by atoms with Gasteiger partial charge in [-0.15, -0.1) is 12.4 Å². The first-order valence-corrected chi connectivity index (χ1v) is 9.87. The number of rotatable bonds is 7. The first-order chi connectivity index (χ1) is 13.2. The Morgan fingerprint density at radius 3 is 2.71 bits per heavy atom. The van der Waals surface area contributed by atoms with E-state index in [0.29, 0.717) is 17.8 Å². The number of fused-ring (bicyclic) bond motifs is 1. The number of aromatic amines is 1. The van der Waals surface area contributed by atoms with Gasteiger partial charge in [0.25, 0.3) is 5.89 Å². The lowest BCUT2D eigenvalue weighted by Gasteiger charge is -2.05. The first-order valence-electron chi connectivity index (χ1n) is 8.88. The highest BCUT2D eigenvalue weighted by atomic mass is 35.5. The highest BCUT2D eigenvalue weighted by molar-refractivity contribution is 7.98. The molecule has 0 aliphatic carbocycles. The van der Waals surface area contributed by atoms with Crippen LogP contribution in [0.25, 0.3) is 22.5 Å². The minimum absolute atomic E-state index is 0. The molecule has 0 aliphatic rings. The molecule has 2 N–H and O–H groups in total. The summed E-state index contributed by atoms with van der Waals surface area (Å²) in [6.45, 7) is 2.09. The lowest BCUT2D eigenvalue weighted by Crippen LogP contribution is -2.24. The van der Waals surface area contributed by atoms with Gasteiger partial charge in [0, 0.05) is 23.8 Å². The van der Waals surface area contributed by atoms with Crippen molar-refractivity contribution in [2.24, 2.45) is 0 Å². The number of thioether (sulfide) groups is 1. The summed E-state index contributed by atoms with van der Waals surface area (Å²) in [5, 5.41) is 8.21. The van der Waals surface area contributed by atoms with Crippen molar-refractivity contribution in [1.29, 1.82) is 0 Å². The molecule has 8 heteroatoms. The van der Waals surface area contributed by atoms with E-state index in [1.54, 1.807) is 11.8 Å². The highest BCUT2D eigenvalue weighted by Crippen LogP contribution is 2.29. The van der Waals surface area contributed by atoms with Gasteiger partial charge in [-0.3, -0.25) is 0 Å². The van der Waals surface area contributed by atoms with Gasteiger partial charge in [-0.1, -0.05) is 47.3 Å². The van der Waals surface area contributed by atoms with Crippen LogP contribution in [0.15, 0.2) is 58.2 Å². The van der Waals surface area contributed by atoms with Crippen LogP contribution in [-0.2, 0) is 12.2 Å². The van der Waals surface area contributed by atoms with Crippen LogP contribution in [0.4, 0.5) is 0 Å². The van der Waals surface area contributed by atoms with Gasteiger partial charge in [-0.05, 0) is 37.7 Å². The normalized spacial score (nSPS) is 12.1. The van der Waals surface area contributed by atoms with E-state index in [2.05, 4.69) is 38.4 Å². The smallest absolute Gasteiger partial charge is 0.258 e. The second-order valence-corrected chi connectivity index (χ2v) is 7.38. The molecule has 4 rings (SSSR count). The quantitative estimate of drug-likeness (QED) is 0.433. The number of H-pyrrole nitrogens is 1. The molecule has 2 aromatic carbocycles. The van der Waals surface area contributed by atoms with E-state index in [0.717, 1.165) is 39.5 Å². The van der Waals surface area contributed by atoms with E-state index in [9.17, 15) is 0 Å². The largest absolute Gasteiger partial charge is 0.334 e. The molecular weight excluding hydrogens is 394 g/mol. The fourth-order valence-corrected chi connectivity index (χ4v) is 3.71. The molecule has 0 amide bonds. The van der Waals surface area contributed by atoms with Crippen molar-refractivity contribution >= 4 is 35.2 Å². The Morgan fingerprint density at radius 1 is 1.11 bits per heavy atom. The summed E-state index contributed by atoms with van der Waals surface area (Å²) in [5.74, 6) is 2.04. The highest BCUT2D eigenvalue weighted by Gasteiger charge is 2.15. The maximum absolute atomic E-state index is 5.52. The summed E-state index contributed by atoms with van der Waals surface area (Å²) < 4.78 is 5.52. The molecule has 6 nitrogen and oxygen atoms in total. The zero-order chi connectivity index (χ0) is 18.6. The molecular formula is C20H22ClN5OS. The molecule has 146 valence electrons. The monoisotopic (exact) mass is 415 g/mol. The Kier molecular flexibility index (Phi) is 6.72. The maximum Gasteiger partial charge on any atom is 0.258 e. The molecule has 0 aliphatic heterocycles. The number of likely N-dealkylation sites (N-methyl/N-ethyl adjacent to an activating group) is 1. The van der Waals surface area contributed by atoms with E-state index in [-0.39, 0.29) is 12.4 Å². The lowest BCUT2D eigenvalue weighted by atomic mass is 10.1. The minimum Gasteiger partial charge on any atom is -0.334 e. The van der Waals surface area contributed by atoms with Crippen LogP contribution in [0.1, 0.15) is 18.3 Å². The Balaban J connectivity index is 0.00000225. The second-order valence-electron chi connectivity index (χ2n) is 6.41. The number of aromatic nitrogens is 4. The van der Waals surface area contributed by atoms with Gasteiger partial charge in [-0.2, -0.15) is 4.98 Å². The lowest BCUT2D eigenvalue weighted by molar-refractivity contribution is 0.418. The summed E-state index contributed by atoms with van der Waals surface area (Å²) in [5.41, 5.74) is 4.14. The van der Waals surface area contributed by atoms with E-state index >= 15 is 0 Å². The van der Waals surface area contributed by atoms with Crippen molar-refractivity contribution in [2.45, 2.75) is 30.3 Å². The number of nitrogens with zero attached hydrogens (tertiary/aromatic N) is 3. The Labute approximate surface area is 173 Å². The molecule has 4 aromatic rings. The van der Waals surface area contributed by atoms with Gasteiger partial charge >= 0.3 is 0 Å². The molecule has 0 spiro atoms. The SMILES string of the molecule is CNC(C)Cc1noc(-c2ccccc2CSc2nc3ccccc3[nH]2)n1.Cl. The van der Waals surface area contributed by atoms with E-state index in [4.69, 9.17) is 4.52 Å². The van der Waals surface area contributed by atoms with Crippen LogP contribution >= 0.6 is 24.2 Å². The zero-order valence-corrected chi connectivity index (χ0v) is 17.3. The molecule has 2 aromatic heterocycles. The van der Waals surface area contributed by atoms with Crippen LogP contribution in [0, 0.1) is 0 Å². The summed E-state index contributed by atoms with van der Waals surface area (Å²) in [4.78, 5) is 12.5. The van der Waals surface area contributed by atoms with Gasteiger partial charge in [0.1, 0.15) is 0 Å². The average molecular weight is 416 g/mol. The summed E-state index contributed by atoms with van der Waals surface area (Å²) in [7, 11) is 1.93. The fourth-order valence-electron chi connectivity index (χ4n) is 2.82. The molecule has 2 heterocycles. The summed E-state index contributed by atoms with van der Waals surface area (Å²) >= 11 is 1.66. The number of nitrogens with one attached hydrogen (secondary N) is 2. The average Bonchev–Trinajstić information content (AvgIpc) is 3.33. The number of imidazole rings is 1. The first kappa shape index (κ1) is 20.4. The molecule has 28 heavy (non-hydrogen) atoms. The standard InChI is InChI=1S/C20H21N5OS.ClH/c1-13(21-2)11-18-24-19(26-25-18)15-8-4-3-7-14(15)12-27-20-22-16-9-5-6-10-17(16)23-20;/h3-10,13,21H,11-12H2,1-2H3,(H,22,23);1H. The van der Waals surface area contributed by atoms with E-state index in [1.807, 2.05) is 49.5 Å². The molecule has 1 atom stereocenters. The van der Waals surface area contributed by atoms with Crippen molar-refractivity contribution in [2.75, 3.05) is 7.05 Å². The van der Waals surface area contributed by atoms with Crippen molar-refractivity contribution in [1.82, 2.24) is 25.4 Å². The predicted octanol–water partition coefficient (Wildman–Crippen LogP) is 4.48. The number of hydrogen-bond donors (Lipinski definition) is 2. The van der Waals surface area contributed by atoms with Gasteiger partial charge in [0.15, 0.2) is 11.0 Å². The van der Waals surface area contributed by atoms with Crippen LogP contribution in [0.3, 0.4) is 0 Å². The van der Waals surface area contributed by atoms with E-state index < -0.39 is 0 Å². The molecule has 1 unspecified atom stereocenters. The van der Waals surface area contributed by atoms with Gasteiger partial charge in [0.05, 0.1) is 11.0 Å². The van der Waals surface area contributed by atoms with Crippen LogP contribution in [0.5, 0.6) is 0 Å². The number of hydrogen-bond acceptors (Lipinski definition) is 6. The Hall–Kier alpha value is -2.35.